The van der Waals surface area contributed by atoms with Gasteiger partial charge in [0, 0.05) is 0 Å². The summed E-state index contributed by atoms with van der Waals surface area (Å²) in [7, 11) is 0. The number of rotatable bonds is 8. The number of aldehydes is 1. The van der Waals surface area contributed by atoms with Gasteiger partial charge < -0.3 is 14.2 Å². The van der Waals surface area contributed by atoms with E-state index in [0.29, 0.717) is 6.61 Å². The molecule has 4 heteroatoms. The molecule has 1 aromatic rings. The van der Waals surface area contributed by atoms with Gasteiger partial charge in [-0.25, -0.2) is 0 Å². The Kier molecular flexibility index (Phi) is 5.53. The minimum atomic E-state index is -0.0868. The predicted octanol–water partition coefficient (Wildman–Crippen LogP) is 3.16. The molecule has 0 amide bonds. The highest BCUT2D eigenvalue weighted by molar-refractivity contribution is 5.74. The summed E-state index contributed by atoms with van der Waals surface area (Å²) in [5.74, 6) is 0.807. The van der Waals surface area contributed by atoms with E-state index in [2.05, 4.69) is 0 Å². The fourth-order valence-corrected chi connectivity index (χ4v) is 2.05. The Morgan fingerprint density at radius 1 is 1.38 bits per heavy atom. The number of carbonyl (C=O) groups is 1. The summed E-state index contributed by atoms with van der Waals surface area (Å²) >= 11 is 0. The standard InChI is InChI=1S/C17H22O4/c1-12(2)21-15-7-6-14(5-4-8-18)17(9-15)13(3)19-10-16-11-20-16/h4-9,12-13,16H,10-11H2,1-3H3/b5-4+/t13-,16+/m1/s1. The number of carbonyl (C=O) groups excluding carboxylic acids is 1. The number of ether oxygens (including phenoxy) is 3. The van der Waals surface area contributed by atoms with Gasteiger partial charge in [0.2, 0.25) is 0 Å². The van der Waals surface area contributed by atoms with Crippen LogP contribution in [-0.2, 0) is 14.3 Å². The molecule has 1 aliphatic rings. The first-order chi connectivity index (χ1) is 10.1. The van der Waals surface area contributed by atoms with Crippen molar-refractivity contribution < 1.29 is 19.0 Å². The molecule has 0 bridgehead atoms. The Labute approximate surface area is 125 Å². The van der Waals surface area contributed by atoms with Crippen LogP contribution in [0.3, 0.4) is 0 Å². The molecule has 2 atom stereocenters. The van der Waals surface area contributed by atoms with E-state index in [1.165, 1.54) is 6.08 Å². The Balaban J connectivity index is 2.18. The third kappa shape index (κ3) is 4.99. The van der Waals surface area contributed by atoms with Crippen LogP contribution in [0.4, 0.5) is 0 Å². The van der Waals surface area contributed by atoms with Crippen LogP contribution < -0.4 is 4.74 Å². The Bertz CT molecular complexity index is 504. The second-order valence-electron chi connectivity index (χ2n) is 5.38. The molecule has 0 N–H and O–H groups in total. The van der Waals surface area contributed by atoms with E-state index < -0.39 is 0 Å². The number of hydrogen-bond acceptors (Lipinski definition) is 4. The van der Waals surface area contributed by atoms with Gasteiger partial charge in [0.1, 0.15) is 18.1 Å². The van der Waals surface area contributed by atoms with Crippen molar-refractivity contribution in [1.29, 1.82) is 0 Å². The molecular weight excluding hydrogens is 268 g/mol. The van der Waals surface area contributed by atoms with Gasteiger partial charge in [-0.05, 0) is 50.1 Å². The van der Waals surface area contributed by atoms with Crippen molar-refractivity contribution >= 4 is 12.4 Å². The molecule has 0 aliphatic carbocycles. The van der Waals surface area contributed by atoms with Gasteiger partial charge in [-0.2, -0.15) is 0 Å². The molecule has 0 aromatic heterocycles. The first-order valence-electron chi connectivity index (χ1n) is 7.25. The van der Waals surface area contributed by atoms with Crippen LogP contribution in [0.25, 0.3) is 6.08 Å². The van der Waals surface area contributed by atoms with E-state index in [0.717, 1.165) is 29.8 Å². The molecule has 0 unspecified atom stereocenters. The lowest BCUT2D eigenvalue weighted by Gasteiger charge is -2.18. The van der Waals surface area contributed by atoms with Gasteiger partial charge in [-0.1, -0.05) is 12.1 Å². The molecular formula is C17H22O4. The third-order valence-corrected chi connectivity index (χ3v) is 3.16. The summed E-state index contributed by atoms with van der Waals surface area (Å²) < 4.78 is 16.7. The second-order valence-corrected chi connectivity index (χ2v) is 5.38. The Morgan fingerprint density at radius 3 is 2.76 bits per heavy atom. The minimum absolute atomic E-state index is 0.0868. The molecule has 1 saturated heterocycles. The molecule has 0 radical (unpaired) electrons. The molecule has 114 valence electrons. The Morgan fingerprint density at radius 2 is 2.14 bits per heavy atom. The van der Waals surface area contributed by atoms with Crippen LogP contribution in [0, 0.1) is 0 Å². The largest absolute Gasteiger partial charge is 0.491 e. The Hall–Kier alpha value is -1.65. The van der Waals surface area contributed by atoms with Gasteiger partial charge in [-0.3, -0.25) is 4.79 Å². The second kappa shape index (κ2) is 7.38. The molecule has 0 spiro atoms. The maximum Gasteiger partial charge on any atom is 0.142 e. The summed E-state index contributed by atoms with van der Waals surface area (Å²) in [6, 6.07) is 5.83. The highest BCUT2D eigenvalue weighted by atomic mass is 16.6. The zero-order valence-electron chi connectivity index (χ0n) is 12.7. The summed E-state index contributed by atoms with van der Waals surface area (Å²) in [5, 5.41) is 0. The topological polar surface area (TPSA) is 48.1 Å². The first kappa shape index (κ1) is 15.7. The van der Waals surface area contributed by atoms with E-state index in [4.69, 9.17) is 14.2 Å². The lowest BCUT2D eigenvalue weighted by molar-refractivity contribution is -0.104. The molecule has 1 aromatic carbocycles. The van der Waals surface area contributed by atoms with Crippen LogP contribution in [0.2, 0.25) is 0 Å². The quantitative estimate of drug-likeness (QED) is 0.419. The van der Waals surface area contributed by atoms with Crippen LogP contribution in [0.5, 0.6) is 5.75 Å². The smallest absolute Gasteiger partial charge is 0.142 e. The monoisotopic (exact) mass is 290 g/mol. The van der Waals surface area contributed by atoms with Crippen molar-refractivity contribution in [3.63, 3.8) is 0 Å². The average molecular weight is 290 g/mol. The van der Waals surface area contributed by atoms with Gasteiger partial charge in [0.05, 0.1) is 25.4 Å². The van der Waals surface area contributed by atoms with Crippen LogP contribution in [0.15, 0.2) is 24.3 Å². The lowest BCUT2D eigenvalue weighted by Crippen LogP contribution is -2.09. The van der Waals surface area contributed by atoms with Crippen molar-refractivity contribution in [2.75, 3.05) is 13.2 Å². The SMILES string of the molecule is CC(C)Oc1ccc(/C=C/C=O)c([C@@H](C)OC[C@H]2CO2)c1. The number of hydrogen-bond donors (Lipinski definition) is 0. The maximum absolute atomic E-state index is 10.5. The van der Waals surface area contributed by atoms with Crippen molar-refractivity contribution in [3.8, 4) is 5.75 Å². The van der Waals surface area contributed by atoms with Gasteiger partial charge in [0.15, 0.2) is 0 Å². The summed E-state index contributed by atoms with van der Waals surface area (Å²) in [6.07, 6.45) is 4.30. The minimum Gasteiger partial charge on any atom is -0.491 e. The molecule has 2 rings (SSSR count). The van der Waals surface area contributed by atoms with Crippen LogP contribution in [-0.4, -0.2) is 31.7 Å². The average Bonchev–Trinajstić information content (AvgIpc) is 3.27. The fraction of sp³-hybridized carbons (Fsp3) is 0.471. The van der Waals surface area contributed by atoms with Crippen molar-refractivity contribution in [1.82, 2.24) is 0 Å². The van der Waals surface area contributed by atoms with Crippen LogP contribution in [0.1, 0.15) is 38.0 Å². The zero-order valence-corrected chi connectivity index (χ0v) is 12.7. The molecule has 0 saturated carbocycles. The van der Waals surface area contributed by atoms with Crippen molar-refractivity contribution in [2.45, 2.75) is 39.1 Å². The van der Waals surface area contributed by atoms with E-state index >= 15 is 0 Å². The summed E-state index contributed by atoms with van der Waals surface area (Å²) in [6.45, 7) is 7.35. The number of epoxide rings is 1. The van der Waals surface area contributed by atoms with E-state index in [1.807, 2.05) is 39.0 Å². The molecule has 4 nitrogen and oxygen atoms in total. The molecule has 1 heterocycles. The maximum atomic E-state index is 10.5. The zero-order chi connectivity index (χ0) is 15.2. The van der Waals surface area contributed by atoms with Gasteiger partial charge >= 0.3 is 0 Å². The van der Waals surface area contributed by atoms with E-state index in [9.17, 15) is 4.79 Å². The molecule has 1 fully saturated rings. The van der Waals surface area contributed by atoms with Crippen molar-refractivity contribution in [3.05, 3.63) is 35.4 Å². The van der Waals surface area contributed by atoms with Gasteiger partial charge in [-0.15, -0.1) is 0 Å². The van der Waals surface area contributed by atoms with E-state index in [-0.39, 0.29) is 18.3 Å². The predicted molar refractivity (Wildman–Crippen MR) is 81.4 cm³/mol. The lowest BCUT2D eigenvalue weighted by atomic mass is 10.0. The van der Waals surface area contributed by atoms with Gasteiger partial charge in [0.25, 0.3) is 0 Å². The van der Waals surface area contributed by atoms with E-state index in [1.54, 1.807) is 6.08 Å². The number of benzene rings is 1. The molecule has 1 aliphatic heterocycles. The normalized spacial score (nSPS) is 19.0. The summed E-state index contributed by atoms with van der Waals surface area (Å²) in [4.78, 5) is 10.5. The fourth-order valence-electron chi connectivity index (χ4n) is 2.05. The molecule has 21 heavy (non-hydrogen) atoms. The van der Waals surface area contributed by atoms with Crippen LogP contribution >= 0.6 is 0 Å². The summed E-state index contributed by atoms with van der Waals surface area (Å²) in [5.41, 5.74) is 1.97. The van der Waals surface area contributed by atoms with Crippen molar-refractivity contribution in [2.24, 2.45) is 0 Å². The first-order valence-corrected chi connectivity index (χ1v) is 7.25. The third-order valence-electron chi connectivity index (χ3n) is 3.16. The highest BCUT2D eigenvalue weighted by Crippen LogP contribution is 2.28. The number of allylic oxidation sites excluding steroid dienone is 1. The highest BCUT2D eigenvalue weighted by Gasteiger charge is 2.24.